The summed E-state index contributed by atoms with van der Waals surface area (Å²) >= 11 is 0. The van der Waals surface area contributed by atoms with Gasteiger partial charge in [-0.2, -0.15) is 0 Å². The van der Waals surface area contributed by atoms with Crippen molar-refractivity contribution in [2.45, 2.75) is 25.8 Å². The summed E-state index contributed by atoms with van der Waals surface area (Å²) in [5.41, 5.74) is -1.03. The minimum atomic E-state index is -1.03. The van der Waals surface area contributed by atoms with E-state index in [-0.39, 0.29) is 11.8 Å². The molecule has 0 aromatic carbocycles. The van der Waals surface area contributed by atoms with E-state index in [2.05, 4.69) is 10.6 Å². The van der Waals surface area contributed by atoms with Gasteiger partial charge in [0.1, 0.15) is 5.54 Å². The normalized spacial score (nSPS) is 29.9. The van der Waals surface area contributed by atoms with E-state index in [1.54, 1.807) is 0 Å². The second kappa shape index (κ2) is 3.48. The fourth-order valence-corrected chi connectivity index (χ4v) is 1.80. The maximum Gasteiger partial charge on any atom is 0.329 e. The topological polar surface area (TPSA) is 78.4 Å². The molecule has 0 heterocycles. The van der Waals surface area contributed by atoms with E-state index in [1.165, 1.54) is 7.05 Å². The molecular weight excluding hydrogens is 184 g/mol. The molecule has 1 saturated carbocycles. The molecule has 2 amide bonds. The summed E-state index contributed by atoms with van der Waals surface area (Å²) < 4.78 is 0. The van der Waals surface area contributed by atoms with Gasteiger partial charge in [0.05, 0.1) is 0 Å². The van der Waals surface area contributed by atoms with Crippen LogP contribution >= 0.6 is 0 Å². The van der Waals surface area contributed by atoms with Crippen LogP contribution in [-0.2, 0) is 4.79 Å². The number of rotatable bonds is 3. The van der Waals surface area contributed by atoms with Gasteiger partial charge in [-0.1, -0.05) is 13.8 Å². The second-order valence-electron chi connectivity index (χ2n) is 4.04. The van der Waals surface area contributed by atoms with Gasteiger partial charge in [-0.25, -0.2) is 9.59 Å². The van der Waals surface area contributed by atoms with Crippen LogP contribution in [-0.4, -0.2) is 29.7 Å². The van der Waals surface area contributed by atoms with Crippen LogP contribution in [0.15, 0.2) is 0 Å². The van der Waals surface area contributed by atoms with Crippen LogP contribution in [0.1, 0.15) is 20.3 Å². The number of hydrogen-bond donors (Lipinski definition) is 3. The van der Waals surface area contributed by atoms with Gasteiger partial charge in [-0.15, -0.1) is 0 Å². The largest absolute Gasteiger partial charge is 0.479 e. The number of nitrogens with one attached hydrogen (secondary N) is 2. The van der Waals surface area contributed by atoms with Gasteiger partial charge in [0.25, 0.3) is 0 Å². The van der Waals surface area contributed by atoms with Crippen molar-refractivity contribution in [1.29, 1.82) is 0 Å². The number of carbonyl (C=O) groups is 2. The molecule has 3 N–H and O–H groups in total. The van der Waals surface area contributed by atoms with E-state index in [0.717, 1.165) is 0 Å². The summed E-state index contributed by atoms with van der Waals surface area (Å²) in [6, 6.07) is -0.435. The van der Waals surface area contributed by atoms with E-state index in [0.29, 0.717) is 6.42 Å². The number of aliphatic carboxylic acids is 1. The Morgan fingerprint density at radius 2 is 2.07 bits per heavy atom. The van der Waals surface area contributed by atoms with E-state index in [4.69, 9.17) is 5.11 Å². The van der Waals surface area contributed by atoms with Crippen LogP contribution in [0.3, 0.4) is 0 Å². The Morgan fingerprint density at radius 3 is 2.36 bits per heavy atom. The molecule has 80 valence electrons. The predicted molar refractivity (Wildman–Crippen MR) is 50.9 cm³/mol. The Balaban J connectivity index is 2.69. The number of hydrogen-bond acceptors (Lipinski definition) is 2. The van der Waals surface area contributed by atoms with Crippen molar-refractivity contribution >= 4 is 12.0 Å². The van der Waals surface area contributed by atoms with Crippen LogP contribution in [0.4, 0.5) is 4.79 Å². The van der Waals surface area contributed by atoms with Gasteiger partial charge in [0.15, 0.2) is 0 Å². The van der Waals surface area contributed by atoms with Crippen molar-refractivity contribution in [2.24, 2.45) is 11.8 Å². The first-order valence-electron chi connectivity index (χ1n) is 4.67. The molecule has 0 aromatic rings. The average Bonchev–Trinajstić information content (AvgIpc) is 2.80. The third kappa shape index (κ3) is 1.66. The molecule has 2 unspecified atom stereocenters. The standard InChI is InChI=1S/C9H16N2O3/c1-5(2)6-4-9(6,7(12)13)11-8(14)10-3/h5-6H,4H2,1-3H3,(H,12,13)(H2,10,11,14). The first kappa shape index (κ1) is 10.8. The van der Waals surface area contributed by atoms with Gasteiger partial charge >= 0.3 is 12.0 Å². The molecule has 0 aromatic heterocycles. The molecule has 5 nitrogen and oxygen atoms in total. The van der Waals surface area contributed by atoms with Gasteiger partial charge in [-0.3, -0.25) is 0 Å². The Kier molecular flexibility index (Phi) is 2.69. The lowest BCUT2D eigenvalue weighted by molar-refractivity contribution is -0.141. The van der Waals surface area contributed by atoms with Gasteiger partial charge in [0.2, 0.25) is 0 Å². The number of urea groups is 1. The fourth-order valence-electron chi connectivity index (χ4n) is 1.80. The maximum atomic E-state index is 11.1. The molecule has 1 rings (SSSR count). The quantitative estimate of drug-likeness (QED) is 0.617. The first-order chi connectivity index (χ1) is 6.44. The molecule has 5 heteroatoms. The van der Waals surface area contributed by atoms with E-state index in [9.17, 15) is 9.59 Å². The molecule has 1 fully saturated rings. The Morgan fingerprint density at radius 1 is 1.50 bits per heavy atom. The monoisotopic (exact) mass is 200 g/mol. The minimum absolute atomic E-state index is 0.0392. The van der Waals surface area contributed by atoms with E-state index in [1.807, 2.05) is 13.8 Å². The van der Waals surface area contributed by atoms with Crippen molar-refractivity contribution in [3.05, 3.63) is 0 Å². The van der Waals surface area contributed by atoms with E-state index < -0.39 is 17.5 Å². The van der Waals surface area contributed by atoms with E-state index >= 15 is 0 Å². The summed E-state index contributed by atoms with van der Waals surface area (Å²) in [4.78, 5) is 22.1. The van der Waals surface area contributed by atoms with Crippen molar-refractivity contribution in [1.82, 2.24) is 10.6 Å². The molecule has 1 aliphatic rings. The van der Waals surface area contributed by atoms with Crippen LogP contribution in [0, 0.1) is 11.8 Å². The molecule has 0 bridgehead atoms. The van der Waals surface area contributed by atoms with Gasteiger partial charge < -0.3 is 15.7 Å². The number of carbonyl (C=O) groups excluding carboxylic acids is 1. The fraction of sp³-hybridized carbons (Fsp3) is 0.778. The highest BCUT2D eigenvalue weighted by molar-refractivity contribution is 5.89. The Bertz CT molecular complexity index is 265. The van der Waals surface area contributed by atoms with Crippen LogP contribution in [0.25, 0.3) is 0 Å². The minimum Gasteiger partial charge on any atom is -0.479 e. The highest BCUT2D eigenvalue weighted by Crippen LogP contribution is 2.48. The van der Waals surface area contributed by atoms with Gasteiger partial charge in [-0.05, 0) is 18.3 Å². The van der Waals surface area contributed by atoms with Crippen LogP contribution in [0.5, 0.6) is 0 Å². The van der Waals surface area contributed by atoms with Crippen molar-refractivity contribution in [3.63, 3.8) is 0 Å². The molecule has 0 saturated heterocycles. The van der Waals surface area contributed by atoms with Crippen molar-refractivity contribution in [2.75, 3.05) is 7.05 Å². The Hall–Kier alpha value is -1.26. The zero-order chi connectivity index (χ0) is 10.9. The number of carboxylic acid groups (broad SMARTS) is 1. The maximum absolute atomic E-state index is 11.1. The predicted octanol–water partition coefficient (Wildman–Crippen LogP) is 0.415. The molecule has 0 aliphatic heterocycles. The summed E-state index contributed by atoms with van der Waals surface area (Å²) in [7, 11) is 1.47. The number of amides is 2. The molecule has 14 heavy (non-hydrogen) atoms. The molecule has 2 atom stereocenters. The zero-order valence-corrected chi connectivity index (χ0v) is 8.63. The summed E-state index contributed by atoms with van der Waals surface area (Å²) in [6.07, 6.45) is 0.521. The molecular formula is C9H16N2O3. The molecule has 0 radical (unpaired) electrons. The highest BCUT2D eigenvalue weighted by Gasteiger charge is 2.62. The second-order valence-corrected chi connectivity index (χ2v) is 4.04. The third-order valence-electron chi connectivity index (χ3n) is 2.76. The lowest BCUT2D eigenvalue weighted by Crippen LogP contribution is -2.48. The van der Waals surface area contributed by atoms with Crippen molar-refractivity contribution < 1.29 is 14.7 Å². The lowest BCUT2D eigenvalue weighted by atomic mass is 10.0. The molecule has 1 aliphatic carbocycles. The summed E-state index contributed by atoms with van der Waals surface area (Å²) in [5.74, 6) is -0.639. The first-order valence-corrected chi connectivity index (χ1v) is 4.67. The van der Waals surface area contributed by atoms with Crippen LogP contribution < -0.4 is 10.6 Å². The average molecular weight is 200 g/mol. The lowest BCUT2D eigenvalue weighted by Gasteiger charge is -2.15. The Labute approximate surface area is 82.9 Å². The smallest absolute Gasteiger partial charge is 0.329 e. The highest BCUT2D eigenvalue weighted by atomic mass is 16.4. The summed E-state index contributed by atoms with van der Waals surface area (Å²) in [6.45, 7) is 3.92. The van der Waals surface area contributed by atoms with Crippen LogP contribution in [0.2, 0.25) is 0 Å². The zero-order valence-electron chi connectivity index (χ0n) is 8.63. The third-order valence-corrected chi connectivity index (χ3v) is 2.76. The van der Waals surface area contributed by atoms with Crippen molar-refractivity contribution in [3.8, 4) is 0 Å². The molecule has 0 spiro atoms. The summed E-state index contributed by atoms with van der Waals surface area (Å²) in [5, 5.41) is 13.9. The number of carboxylic acids is 1. The SMILES string of the molecule is CNC(=O)NC1(C(=O)O)CC1C(C)C. The van der Waals surface area contributed by atoms with Gasteiger partial charge in [0, 0.05) is 7.05 Å².